The molecule has 6 nitrogen and oxygen atoms in total. The minimum Gasteiger partial charge on any atom is -0.372 e. The van der Waals surface area contributed by atoms with E-state index in [2.05, 4.69) is 11.4 Å². The summed E-state index contributed by atoms with van der Waals surface area (Å²) in [7, 11) is 0. The molecule has 0 unspecified atom stereocenters. The molecule has 2 aromatic heterocycles. The van der Waals surface area contributed by atoms with Gasteiger partial charge in [0.05, 0.1) is 23.1 Å². The zero-order valence-electron chi connectivity index (χ0n) is 14.8. The molecule has 0 fully saturated rings. The highest BCUT2D eigenvalue weighted by Crippen LogP contribution is 2.24. The van der Waals surface area contributed by atoms with Gasteiger partial charge in [-0.2, -0.15) is 5.26 Å². The highest BCUT2D eigenvalue weighted by Gasteiger charge is 2.19. The number of hydrogen-bond acceptors (Lipinski definition) is 4. The van der Waals surface area contributed by atoms with Gasteiger partial charge in [0, 0.05) is 11.8 Å². The number of nitriles is 1. The highest BCUT2D eigenvalue weighted by atomic mass is 16.3. The average Bonchev–Trinajstić information content (AvgIpc) is 2.98. The molecule has 2 heterocycles. The van der Waals surface area contributed by atoms with E-state index in [1.54, 1.807) is 6.92 Å². The fraction of sp³-hybridized carbons (Fsp3) is 0.143. The van der Waals surface area contributed by atoms with E-state index >= 15 is 0 Å². The molecule has 2 N–H and O–H groups in total. The molecule has 134 valence electrons. The number of rotatable bonds is 4. The number of nitrogens with one attached hydrogen (secondary N) is 1. The van der Waals surface area contributed by atoms with E-state index in [0.717, 1.165) is 11.2 Å². The third kappa shape index (κ3) is 2.84. The molecule has 6 heteroatoms. The fourth-order valence-corrected chi connectivity index (χ4v) is 3.47. The summed E-state index contributed by atoms with van der Waals surface area (Å²) in [6.07, 6.45) is -0.894. The van der Waals surface area contributed by atoms with E-state index in [1.807, 2.05) is 59.2 Å². The zero-order valence-corrected chi connectivity index (χ0v) is 14.8. The van der Waals surface area contributed by atoms with E-state index in [1.165, 1.54) is 10.5 Å². The summed E-state index contributed by atoms with van der Waals surface area (Å²) in [5.74, 6) is 0. The average molecular weight is 358 g/mol. The van der Waals surface area contributed by atoms with Crippen molar-refractivity contribution in [2.24, 2.45) is 0 Å². The molecule has 0 bridgehead atoms. The lowest BCUT2D eigenvalue weighted by Crippen LogP contribution is -2.25. The Morgan fingerprint density at radius 1 is 1.11 bits per heavy atom. The van der Waals surface area contributed by atoms with Gasteiger partial charge in [-0.3, -0.25) is 9.20 Å². The molecule has 4 rings (SSSR count). The Labute approximate surface area is 155 Å². The molecular weight excluding hydrogens is 340 g/mol. The van der Waals surface area contributed by atoms with Gasteiger partial charge in [-0.1, -0.05) is 30.3 Å². The molecule has 1 atom stereocenters. The smallest absolute Gasteiger partial charge is 0.257 e. The molecule has 0 radical (unpaired) electrons. The summed E-state index contributed by atoms with van der Waals surface area (Å²) in [6, 6.07) is 20.5. The van der Waals surface area contributed by atoms with Crippen LogP contribution in [0.25, 0.3) is 16.7 Å². The molecule has 0 aliphatic rings. The maximum Gasteiger partial charge on any atom is 0.257 e. The van der Waals surface area contributed by atoms with Crippen LogP contribution in [0.4, 0.5) is 5.69 Å². The molecule has 0 saturated heterocycles. The van der Waals surface area contributed by atoms with Crippen LogP contribution in [0.15, 0.2) is 65.5 Å². The van der Waals surface area contributed by atoms with Crippen molar-refractivity contribution >= 4 is 22.4 Å². The highest BCUT2D eigenvalue weighted by molar-refractivity contribution is 5.84. The van der Waals surface area contributed by atoms with Crippen molar-refractivity contribution in [2.75, 3.05) is 5.32 Å². The second-order valence-electron chi connectivity index (χ2n) is 6.44. The van der Waals surface area contributed by atoms with E-state index in [-0.39, 0.29) is 12.1 Å². The Morgan fingerprint density at radius 2 is 1.78 bits per heavy atom. The first-order valence-electron chi connectivity index (χ1n) is 8.63. The van der Waals surface area contributed by atoms with Gasteiger partial charge in [-0.15, -0.1) is 0 Å². The van der Waals surface area contributed by atoms with Crippen molar-refractivity contribution in [2.45, 2.75) is 19.7 Å². The lowest BCUT2D eigenvalue weighted by molar-refractivity contribution is 0.185. The molecule has 0 aliphatic heterocycles. The lowest BCUT2D eigenvalue weighted by atomic mass is 10.1. The maximum atomic E-state index is 12.6. The number of benzene rings is 2. The lowest BCUT2D eigenvalue weighted by Gasteiger charge is -2.16. The van der Waals surface area contributed by atoms with Gasteiger partial charge in [0.15, 0.2) is 0 Å². The first kappa shape index (κ1) is 16.9. The molecule has 27 heavy (non-hydrogen) atoms. The number of aromatic nitrogens is 2. The number of aliphatic hydroxyl groups excluding tert-OH is 1. The third-order valence-electron chi connectivity index (χ3n) is 4.63. The SMILES string of the molecule is Cc1cc(=O)n2c3ccccc3n(C[C@H](O)Nc3ccccc3)c2c1C#N. The van der Waals surface area contributed by atoms with Crippen molar-refractivity contribution in [1.29, 1.82) is 5.26 Å². The number of imidazole rings is 1. The summed E-state index contributed by atoms with van der Waals surface area (Å²) in [4.78, 5) is 12.6. The van der Waals surface area contributed by atoms with Crippen molar-refractivity contribution in [3.63, 3.8) is 0 Å². The van der Waals surface area contributed by atoms with Gasteiger partial charge < -0.3 is 15.0 Å². The maximum absolute atomic E-state index is 12.6. The Hall–Kier alpha value is -3.56. The van der Waals surface area contributed by atoms with Gasteiger partial charge in [0.25, 0.3) is 5.56 Å². The van der Waals surface area contributed by atoms with Gasteiger partial charge in [-0.25, -0.2) is 0 Å². The van der Waals surface area contributed by atoms with Crippen LogP contribution < -0.4 is 10.9 Å². The van der Waals surface area contributed by atoms with Crippen LogP contribution in [0.5, 0.6) is 0 Å². The van der Waals surface area contributed by atoms with Crippen LogP contribution in [0, 0.1) is 18.3 Å². The van der Waals surface area contributed by atoms with E-state index < -0.39 is 6.23 Å². The monoisotopic (exact) mass is 358 g/mol. The van der Waals surface area contributed by atoms with E-state index in [4.69, 9.17) is 0 Å². The molecule has 0 amide bonds. The minimum absolute atomic E-state index is 0.184. The summed E-state index contributed by atoms with van der Waals surface area (Å²) in [6.45, 7) is 1.93. The summed E-state index contributed by atoms with van der Waals surface area (Å²) >= 11 is 0. The number of pyridine rings is 1. The Balaban J connectivity index is 1.90. The first-order chi connectivity index (χ1) is 13.1. The van der Waals surface area contributed by atoms with Crippen molar-refractivity contribution in [3.8, 4) is 6.07 Å². The quantitative estimate of drug-likeness (QED) is 0.550. The van der Waals surface area contributed by atoms with Crippen LogP contribution in [-0.4, -0.2) is 20.3 Å². The number of hydrogen-bond donors (Lipinski definition) is 2. The first-order valence-corrected chi connectivity index (χ1v) is 8.63. The second-order valence-corrected chi connectivity index (χ2v) is 6.44. The molecular formula is C21H18N4O2. The summed E-state index contributed by atoms with van der Waals surface area (Å²) in [5.41, 5.74) is 3.64. The molecule has 2 aromatic carbocycles. The summed E-state index contributed by atoms with van der Waals surface area (Å²) < 4.78 is 3.36. The van der Waals surface area contributed by atoms with Crippen LogP contribution in [-0.2, 0) is 6.54 Å². The number of para-hydroxylation sites is 3. The molecule has 0 saturated carbocycles. The molecule has 0 spiro atoms. The number of nitrogens with zero attached hydrogens (tertiary/aromatic N) is 3. The summed E-state index contributed by atoms with van der Waals surface area (Å²) in [5, 5.41) is 23.3. The van der Waals surface area contributed by atoms with Crippen molar-refractivity contribution < 1.29 is 5.11 Å². The Kier molecular flexibility index (Phi) is 4.15. The van der Waals surface area contributed by atoms with Gasteiger partial charge >= 0.3 is 0 Å². The van der Waals surface area contributed by atoms with Crippen molar-refractivity contribution in [3.05, 3.63) is 82.1 Å². The minimum atomic E-state index is -0.894. The number of fused-ring (bicyclic) bond motifs is 3. The van der Waals surface area contributed by atoms with Gasteiger partial charge in [-0.05, 0) is 36.8 Å². The van der Waals surface area contributed by atoms with Gasteiger partial charge in [0.1, 0.15) is 17.9 Å². The predicted octanol–water partition coefficient (Wildman–Crippen LogP) is 2.86. The van der Waals surface area contributed by atoms with Crippen LogP contribution >= 0.6 is 0 Å². The normalized spacial score (nSPS) is 12.2. The number of anilines is 1. The largest absolute Gasteiger partial charge is 0.372 e. The fourth-order valence-electron chi connectivity index (χ4n) is 3.47. The van der Waals surface area contributed by atoms with E-state index in [9.17, 15) is 15.2 Å². The predicted molar refractivity (Wildman–Crippen MR) is 105 cm³/mol. The third-order valence-corrected chi connectivity index (χ3v) is 4.63. The molecule has 4 aromatic rings. The van der Waals surface area contributed by atoms with Crippen LogP contribution in [0.3, 0.4) is 0 Å². The van der Waals surface area contributed by atoms with E-state index in [0.29, 0.717) is 22.3 Å². The zero-order chi connectivity index (χ0) is 19.0. The van der Waals surface area contributed by atoms with Crippen LogP contribution in [0.1, 0.15) is 11.1 Å². The van der Waals surface area contributed by atoms with Crippen molar-refractivity contribution in [1.82, 2.24) is 8.97 Å². The van der Waals surface area contributed by atoms with Crippen LogP contribution in [0.2, 0.25) is 0 Å². The van der Waals surface area contributed by atoms with Gasteiger partial charge in [0.2, 0.25) is 0 Å². The topological polar surface area (TPSA) is 82.5 Å². The molecule has 0 aliphatic carbocycles. The second kappa shape index (κ2) is 6.63. The Morgan fingerprint density at radius 3 is 2.48 bits per heavy atom. The number of aliphatic hydroxyl groups is 1. The number of aryl methyl sites for hydroxylation is 1. The standard InChI is InChI=1S/C21H18N4O2/c1-14-11-20(27)25-18-10-6-5-9-17(18)24(21(25)16(14)12-22)13-19(26)23-15-7-3-2-4-8-15/h2-11,19,23,26H,13H2,1H3/t19-/m0/s1. The Bertz CT molecular complexity index is 1230.